The van der Waals surface area contributed by atoms with Gasteiger partial charge in [-0.3, -0.25) is 9.69 Å². The average molecular weight is 293 g/mol. The summed E-state index contributed by atoms with van der Waals surface area (Å²) in [6.07, 6.45) is 2.54. The van der Waals surface area contributed by atoms with Crippen LogP contribution in [0.4, 0.5) is 0 Å². The molecule has 22 heavy (non-hydrogen) atoms. The van der Waals surface area contributed by atoms with Crippen molar-refractivity contribution in [2.45, 2.75) is 33.2 Å². The molecule has 114 valence electrons. The van der Waals surface area contributed by atoms with Crippen LogP contribution in [0.3, 0.4) is 0 Å². The van der Waals surface area contributed by atoms with Gasteiger partial charge < -0.3 is 0 Å². The van der Waals surface area contributed by atoms with E-state index in [9.17, 15) is 4.79 Å². The molecule has 0 unspecified atom stereocenters. The van der Waals surface area contributed by atoms with Gasteiger partial charge in [-0.15, -0.1) is 0 Å². The number of nitrogens with zero attached hydrogens (tertiary/aromatic N) is 1. The maximum atomic E-state index is 13.0. The van der Waals surface area contributed by atoms with Crippen LogP contribution >= 0.6 is 0 Å². The predicted octanol–water partition coefficient (Wildman–Crippen LogP) is 4.13. The van der Waals surface area contributed by atoms with Gasteiger partial charge >= 0.3 is 0 Å². The molecule has 2 aromatic carbocycles. The minimum Gasteiger partial charge on any atom is -0.299 e. The van der Waals surface area contributed by atoms with Crippen molar-refractivity contribution in [3.05, 3.63) is 70.3 Å². The highest BCUT2D eigenvalue weighted by molar-refractivity contribution is 6.10. The molecule has 2 heteroatoms. The molecule has 0 radical (unpaired) electrons. The fourth-order valence-electron chi connectivity index (χ4n) is 3.19. The van der Waals surface area contributed by atoms with Crippen molar-refractivity contribution in [1.29, 1.82) is 0 Å². The normalized spacial score (nSPS) is 15.2. The molecule has 1 fully saturated rings. The van der Waals surface area contributed by atoms with Crippen LogP contribution in [0, 0.1) is 13.8 Å². The van der Waals surface area contributed by atoms with E-state index in [-0.39, 0.29) is 5.78 Å². The summed E-state index contributed by atoms with van der Waals surface area (Å²) in [5.74, 6) is 0.149. The van der Waals surface area contributed by atoms with Crippen LogP contribution in [-0.2, 0) is 6.54 Å². The highest BCUT2D eigenvalue weighted by Crippen LogP contribution is 2.21. The van der Waals surface area contributed by atoms with Gasteiger partial charge in [0.05, 0.1) is 0 Å². The van der Waals surface area contributed by atoms with E-state index in [1.165, 1.54) is 12.8 Å². The number of ketones is 1. The second kappa shape index (κ2) is 6.45. The molecule has 1 saturated heterocycles. The first-order valence-corrected chi connectivity index (χ1v) is 8.07. The summed E-state index contributed by atoms with van der Waals surface area (Å²) < 4.78 is 0. The Morgan fingerprint density at radius 2 is 1.73 bits per heavy atom. The van der Waals surface area contributed by atoms with E-state index in [1.807, 2.05) is 44.2 Å². The smallest absolute Gasteiger partial charge is 0.193 e. The molecule has 3 rings (SSSR count). The van der Waals surface area contributed by atoms with Crippen LogP contribution in [0.2, 0.25) is 0 Å². The molecule has 0 bridgehead atoms. The number of carbonyl (C=O) groups is 1. The minimum atomic E-state index is 0.149. The summed E-state index contributed by atoms with van der Waals surface area (Å²) >= 11 is 0. The van der Waals surface area contributed by atoms with Crippen molar-refractivity contribution in [2.75, 3.05) is 13.1 Å². The fourth-order valence-corrected chi connectivity index (χ4v) is 3.19. The third-order valence-corrected chi connectivity index (χ3v) is 4.49. The van der Waals surface area contributed by atoms with Gasteiger partial charge in [-0.25, -0.2) is 0 Å². The molecule has 1 aliphatic rings. The number of likely N-dealkylation sites (tertiary alicyclic amines) is 1. The van der Waals surface area contributed by atoms with E-state index >= 15 is 0 Å². The van der Waals surface area contributed by atoms with Gasteiger partial charge in [0, 0.05) is 17.7 Å². The lowest BCUT2D eigenvalue weighted by atomic mass is 9.94. The van der Waals surface area contributed by atoms with E-state index in [4.69, 9.17) is 0 Å². The van der Waals surface area contributed by atoms with Gasteiger partial charge in [0.2, 0.25) is 0 Å². The molecule has 0 saturated carbocycles. The van der Waals surface area contributed by atoms with Crippen molar-refractivity contribution >= 4 is 5.78 Å². The zero-order valence-corrected chi connectivity index (χ0v) is 13.4. The lowest BCUT2D eigenvalue weighted by Crippen LogP contribution is -2.20. The van der Waals surface area contributed by atoms with Gasteiger partial charge in [0.1, 0.15) is 0 Å². The Kier molecular flexibility index (Phi) is 4.39. The Labute approximate surface area is 132 Å². The lowest BCUT2D eigenvalue weighted by molar-refractivity contribution is 0.103. The molecule has 0 aromatic heterocycles. The molecule has 0 N–H and O–H groups in total. The number of aryl methyl sites for hydroxylation is 2. The van der Waals surface area contributed by atoms with Crippen molar-refractivity contribution < 1.29 is 4.79 Å². The SMILES string of the molecule is Cc1ccc(C)c(C(=O)c2ccccc2CN2CCCC2)c1. The molecule has 1 aliphatic heterocycles. The number of benzene rings is 2. The Morgan fingerprint density at radius 1 is 1.00 bits per heavy atom. The summed E-state index contributed by atoms with van der Waals surface area (Å²) in [5.41, 5.74) is 5.00. The van der Waals surface area contributed by atoms with Crippen molar-refractivity contribution in [3.8, 4) is 0 Å². The van der Waals surface area contributed by atoms with E-state index in [1.54, 1.807) is 0 Å². The largest absolute Gasteiger partial charge is 0.299 e. The molecule has 0 amide bonds. The Morgan fingerprint density at radius 3 is 2.50 bits per heavy atom. The highest BCUT2D eigenvalue weighted by atomic mass is 16.1. The third-order valence-electron chi connectivity index (χ3n) is 4.49. The first kappa shape index (κ1) is 15.0. The Hall–Kier alpha value is -1.93. The van der Waals surface area contributed by atoms with Crippen LogP contribution in [0.25, 0.3) is 0 Å². The van der Waals surface area contributed by atoms with E-state index in [2.05, 4.69) is 17.0 Å². The molecule has 2 nitrogen and oxygen atoms in total. The molecule has 0 aliphatic carbocycles. The summed E-state index contributed by atoms with van der Waals surface area (Å²) in [7, 11) is 0. The van der Waals surface area contributed by atoms with Crippen molar-refractivity contribution in [2.24, 2.45) is 0 Å². The van der Waals surface area contributed by atoms with Crippen molar-refractivity contribution in [1.82, 2.24) is 4.90 Å². The Bertz CT molecular complexity index is 684. The van der Waals surface area contributed by atoms with Crippen LogP contribution in [0.15, 0.2) is 42.5 Å². The second-order valence-corrected chi connectivity index (χ2v) is 6.29. The number of hydrogen-bond acceptors (Lipinski definition) is 2. The maximum absolute atomic E-state index is 13.0. The highest BCUT2D eigenvalue weighted by Gasteiger charge is 2.18. The number of hydrogen-bond donors (Lipinski definition) is 0. The van der Waals surface area contributed by atoms with Gasteiger partial charge in [0.15, 0.2) is 5.78 Å². The van der Waals surface area contributed by atoms with Crippen LogP contribution in [0.1, 0.15) is 45.5 Å². The predicted molar refractivity (Wildman–Crippen MR) is 90.3 cm³/mol. The summed E-state index contributed by atoms with van der Waals surface area (Å²) in [6.45, 7) is 7.22. The van der Waals surface area contributed by atoms with E-state index < -0.39 is 0 Å². The first-order valence-electron chi connectivity index (χ1n) is 8.07. The quantitative estimate of drug-likeness (QED) is 0.790. The van der Waals surface area contributed by atoms with Gasteiger partial charge in [-0.05, 0) is 57.0 Å². The van der Waals surface area contributed by atoms with Gasteiger partial charge in [-0.1, -0.05) is 42.0 Å². The maximum Gasteiger partial charge on any atom is 0.193 e. The molecule has 1 heterocycles. The van der Waals surface area contributed by atoms with Crippen LogP contribution < -0.4 is 0 Å². The summed E-state index contributed by atoms with van der Waals surface area (Å²) in [5, 5.41) is 0. The molecule has 0 atom stereocenters. The molecular weight excluding hydrogens is 270 g/mol. The first-order chi connectivity index (χ1) is 10.6. The molecule has 2 aromatic rings. The standard InChI is InChI=1S/C20H23NO/c1-15-9-10-16(2)19(13-15)20(22)18-8-4-3-7-17(18)14-21-11-5-6-12-21/h3-4,7-10,13H,5-6,11-12,14H2,1-2H3. The third kappa shape index (κ3) is 3.12. The summed E-state index contributed by atoms with van der Waals surface area (Å²) in [4.78, 5) is 15.4. The van der Waals surface area contributed by atoms with Crippen molar-refractivity contribution in [3.63, 3.8) is 0 Å². The molecule has 0 spiro atoms. The second-order valence-electron chi connectivity index (χ2n) is 6.29. The number of carbonyl (C=O) groups excluding carboxylic acids is 1. The monoisotopic (exact) mass is 293 g/mol. The van der Waals surface area contributed by atoms with E-state index in [0.717, 1.165) is 47.5 Å². The van der Waals surface area contributed by atoms with Crippen LogP contribution in [0.5, 0.6) is 0 Å². The zero-order chi connectivity index (χ0) is 15.5. The van der Waals surface area contributed by atoms with Gasteiger partial charge in [0.25, 0.3) is 0 Å². The summed E-state index contributed by atoms with van der Waals surface area (Å²) in [6, 6.07) is 14.2. The minimum absolute atomic E-state index is 0.149. The molecular formula is C20H23NO. The van der Waals surface area contributed by atoms with E-state index in [0.29, 0.717) is 0 Å². The van der Waals surface area contributed by atoms with Gasteiger partial charge in [-0.2, -0.15) is 0 Å². The number of rotatable bonds is 4. The fraction of sp³-hybridized carbons (Fsp3) is 0.350. The lowest BCUT2D eigenvalue weighted by Gasteiger charge is -2.17. The average Bonchev–Trinajstić information content (AvgIpc) is 3.02. The Balaban J connectivity index is 1.93. The zero-order valence-electron chi connectivity index (χ0n) is 13.4. The topological polar surface area (TPSA) is 20.3 Å². The van der Waals surface area contributed by atoms with Crippen LogP contribution in [-0.4, -0.2) is 23.8 Å².